The lowest BCUT2D eigenvalue weighted by Gasteiger charge is -2.30. The molecule has 21 heavy (non-hydrogen) atoms. The highest BCUT2D eigenvalue weighted by atomic mass is 35.5. The SMILES string of the molecule is C#CCN1C(=O)N(C(C)(C)C)NC1c1cc(Cl)nc(Cl)c1. The maximum atomic E-state index is 12.5. The molecule has 1 fully saturated rings. The molecule has 1 aromatic heterocycles. The van der Waals surface area contributed by atoms with Crippen molar-refractivity contribution in [3.8, 4) is 12.3 Å². The van der Waals surface area contributed by atoms with Gasteiger partial charge in [-0.15, -0.1) is 6.42 Å². The quantitative estimate of drug-likeness (QED) is 0.671. The number of carbonyl (C=O) groups is 1. The lowest BCUT2D eigenvalue weighted by molar-refractivity contribution is 0.126. The number of terminal acetylenes is 1. The first-order chi connectivity index (χ1) is 9.74. The molecule has 1 aliphatic heterocycles. The van der Waals surface area contributed by atoms with E-state index in [1.165, 1.54) is 0 Å². The second-order valence-corrected chi connectivity index (χ2v) is 6.47. The van der Waals surface area contributed by atoms with Crippen molar-refractivity contribution in [1.82, 2.24) is 20.3 Å². The molecule has 2 rings (SSSR count). The Balaban J connectivity index is 2.41. The molecule has 1 aromatic rings. The summed E-state index contributed by atoms with van der Waals surface area (Å²) in [5, 5.41) is 2.08. The average molecular weight is 327 g/mol. The summed E-state index contributed by atoms with van der Waals surface area (Å²) in [6.45, 7) is 5.98. The van der Waals surface area contributed by atoms with Crippen LogP contribution in [0.3, 0.4) is 0 Å². The summed E-state index contributed by atoms with van der Waals surface area (Å²) in [6, 6.07) is 3.14. The zero-order valence-electron chi connectivity index (χ0n) is 12.0. The van der Waals surface area contributed by atoms with Crippen LogP contribution < -0.4 is 5.43 Å². The molecule has 1 N–H and O–H groups in total. The number of aromatic nitrogens is 1. The highest BCUT2D eigenvalue weighted by Gasteiger charge is 2.42. The van der Waals surface area contributed by atoms with Crippen molar-refractivity contribution < 1.29 is 4.79 Å². The van der Waals surface area contributed by atoms with Crippen LogP contribution in [0.5, 0.6) is 0 Å². The minimum absolute atomic E-state index is 0.181. The summed E-state index contributed by atoms with van der Waals surface area (Å²) in [6.07, 6.45) is 4.95. The van der Waals surface area contributed by atoms with Gasteiger partial charge in [-0.2, -0.15) is 0 Å². The summed E-state index contributed by atoms with van der Waals surface area (Å²) in [5.74, 6) is 2.50. The predicted molar refractivity (Wildman–Crippen MR) is 82.7 cm³/mol. The third-order valence-corrected chi connectivity index (χ3v) is 3.42. The number of carbonyl (C=O) groups excluding carboxylic acids is 1. The van der Waals surface area contributed by atoms with E-state index in [-0.39, 0.29) is 28.4 Å². The van der Waals surface area contributed by atoms with E-state index in [0.29, 0.717) is 0 Å². The third-order valence-electron chi connectivity index (χ3n) is 3.03. The molecule has 1 aliphatic rings. The van der Waals surface area contributed by atoms with Crippen LogP contribution in [0.1, 0.15) is 32.5 Å². The van der Waals surface area contributed by atoms with Gasteiger partial charge >= 0.3 is 6.03 Å². The minimum atomic E-state index is -0.425. The van der Waals surface area contributed by atoms with E-state index in [1.54, 1.807) is 22.0 Å². The molecule has 7 heteroatoms. The summed E-state index contributed by atoms with van der Waals surface area (Å²) in [7, 11) is 0. The van der Waals surface area contributed by atoms with Gasteiger partial charge in [-0.3, -0.25) is 9.91 Å². The number of amides is 2. The Morgan fingerprint density at radius 1 is 1.38 bits per heavy atom. The molecule has 112 valence electrons. The average Bonchev–Trinajstić information content (AvgIpc) is 2.66. The Morgan fingerprint density at radius 3 is 2.43 bits per heavy atom. The first-order valence-corrected chi connectivity index (χ1v) is 7.13. The number of hydrogen-bond acceptors (Lipinski definition) is 3. The Bertz CT molecular complexity index is 586. The molecule has 0 saturated carbocycles. The van der Waals surface area contributed by atoms with Gasteiger partial charge in [0.25, 0.3) is 0 Å². The van der Waals surface area contributed by atoms with Crippen LogP contribution in [0.2, 0.25) is 10.3 Å². The van der Waals surface area contributed by atoms with Gasteiger partial charge < -0.3 is 0 Å². The standard InChI is InChI=1S/C14H16Cl2N4O/c1-5-6-19-12(9-7-10(15)17-11(16)8-9)18-20(13(19)21)14(2,3)4/h1,7-8,12,18H,6H2,2-4H3. The van der Waals surface area contributed by atoms with E-state index < -0.39 is 6.17 Å². The van der Waals surface area contributed by atoms with Gasteiger partial charge in [-0.1, -0.05) is 29.1 Å². The van der Waals surface area contributed by atoms with Gasteiger partial charge in [0.05, 0.1) is 12.1 Å². The van der Waals surface area contributed by atoms with Crippen molar-refractivity contribution in [2.75, 3.05) is 6.54 Å². The fraction of sp³-hybridized carbons (Fsp3) is 0.429. The van der Waals surface area contributed by atoms with Crippen LogP contribution in [0.25, 0.3) is 0 Å². The second-order valence-electron chi connectivity index (χ2n) is 5.70. The Hall–Kier alpha value is -1.48. The molecular weight excluding hydrogens is 311 g/mol. The maximum absolute atomic E-state index is 12.5. The van der Waals surface area contributed by atoms with Crippen LogP contribution in [0.4, 0.5) is 4.79 Å². The molecule has 1 unspecified atom stereocenters. The van der Waals surface area contributed by atoms with Crippen molar-refractivity contribution >= 4 is 29.2 Å². The number of hydrogen-bond donors (Lipinski definition) is 1. The van der Waals surface area contributed by atoms with Gasteiger partial charge in [0.15, 0.2) is 0 Å². The zero-order valence-corrected chi connectivity index (χ0v) is 13.5. The molecular formula is C14H16Cl2N4O. The number of urea groups is 1. The summed E-state index contributed by atoms with van der Waals surface area (Å²) >= 11 is 11.9. The second kappa shape index (κ2) is 5.72. The lowest BCUT2D eigenvalue weighted by atomic mass is 10.1. The highest BCUT2D eigenvalue weighted by Crippen LogP contribution is 2.31. The van der Waals surface area contributed by atoms with Crippen molar-refractivity contribution in [3.63, 3.8) is 0 Å². The van der Waals surface area contributed by atoms with E-state index in [9.17, 15) is 4.79 Å². The van der Waals surface area contributed by atoms with E-state index in [2.05, 4.69) is 16.3 Å². The van der Waals surface area contributed by atoms with Gasteiger partial charge in [0, 0.05) is 0 Å². The molecule has 0 bridgehead atoms. The number of nitrogens with one attached hydrogen (secondary N) is 1. The Morgan fingerprint density at radius 2 is 1.95 bits per heavy atom. The van der Waals surface area contributed by atoms with Gasteiger partial charge in [-0.05, 0) is 38.5 Å². The number of nitrogens with zero attached hydrogens (tertiary/aromatic N) is 3. The topological polar surface area (TPSA) is 48.5 Å². The Kier molecular flexibility index (Phi) is 4.33. The van der Waals surface area contributed by atoms with Crippen molar-refractivity contribution in [2.45, 2.75) is 32.5 Å². The maximum Gasteiger partial charge on any atom is 0.337 e. The van der Waals surface area contributed by atoms with Crippen LogP contribution >= 0.6 is 23.2 Å². The monoisotopic (exact) mass is 326 g/mol. The van der Waals surface area contributed by atoms with E-state index in [4.69, 9.17) is 29.6 Å². The molecule has 1 atom stereocenters. The van der Waals surface area contributed by atoms with Crippen molar-refractivity contribution in [3.05, 3.63) is 28.0 Å². The van der Waals surface area contributed by atoms with Crippen LogP contribution in [0.15, 0.2) is 12.1 Å². The number of pyridine rings is 1. The number of hydrazine groups is 1. The summed E-state index contributed by atoms with van der Waals surface area (Å²) in [4.78, 5) is 18.0. The van der Waals surface area contributed by atoms with Crippen LogP contribution in [-0.2, 0) is 0 Å². The van der Waals surface area contributed by atoms with Crippen molar-refractivity contribution in [2.24, 2.45) is 0 Å². The highest BCUT2D eigenvalue weighted by molar-refractivity contribution is 6.32. The number of rotatable bonds is 2. The normalized spacial score (nSPS) is 19.0. The number of halogens is 2. The first kappa shape index (κ1) is 15.9. The van der Waals surface area contributed by atoms with E-state index in [1.807, 2.05) is 20.8 Å². The molecule has 0 aromatic carbocycles. The summed E-state index contributed by atoms with van der Waals surface area (Å²) < 4.78 is 0. The van der Waals surface area contributed by atoms with Crippen LogP contribution in [0, 0.1) is 12.3 Å². The lowest BCUT2D eigenvalue weighted by Crippen LogP contribution is -2.48. The largest absolute Gasteiger partial charge is 0.337 e. The first-order valence-electron chi connectivity index (χ1n) is 6.37. The zero-order chi connectivity index (χ0) is 15.8. The molecule has 0 spiro atoms. The van der Waals surface area contributed by atoms with Gasteiger partial charge in [0.1, 0.15) is 16.5 Å². The molecule has 1 saturated heterocycles. The fourth-order valence-corrected chi connectivity index (χ4v) is 2.60. The van der Waals surface area contributed by atoms with Gasteiger partial charge in [-0.25, -0.2) is 15.2 Å². The molecule has 2 heterocycles. The molecule has 0 radical (unpaired) electrons. The fourth-order valence-electron chi connectivity index (χ4n) is 2.12. The molecule has 5 nitrogen and oxygen atoms in total. The minimum Gasteiger partial charge on any atom is -0.291 e. The molecule has 0 aliphatic carbocycles. The summed E-state index contributed by atoms with van der Waals surface area (Å²) in [5.41, 5.74) is 3.50. The predicted octanol–water partition coefficient (Wildman–Crippen LogP) is 3.06. The Labute approximate surface area is 134 Å². The third kappa shape index (κ3) is 3.24. The van der Waals surface area contributed by atoms with Crippen molar-refractivity contribution in [1.29, 1.82) is 0 Å². The van der Waals surface area contributed by atoms with Gasteiger partial charge in [0.2, 0.25) is 0 Å². The smallest absolute Gasteiger partial charge is 0.291 e. The molecule has 2 amide bonds. The van der Waals surface area contributed by atoms with E-state index in [0.717, 1.165) is 5.56 Å². The van der Waals surface area contributed by atoms with Crippen LogP contribution in [-0.4, -0.2) is 33.0 Å². The van der Waals surface area contributed by atoms with E-state index >= 15 is 0 Å².